The van der Waals surface area contributed by atoms with Gasteiger partial charge in [-0.05, 0) is 87.6 Å². The molecule has 44 heavy (non-hydrogen) atoms. The number of benzene rings is 2. The van der Waals surface area contributed by atoms with Gasteiger partial charge >= 0.3 is 0 Å². The predicted octanol–water partition coefficient (Wildman–Crippen LogP) is 4.69. The molecule has 1 amide bonds. The Labute approximate surface area is 253 Å². The maximum absolute atomic E-state index is 13.6. The third kappa shape index (κ3) is 4.55. The number of anilines is 3. The van der Waals surface area contributed by atoms with Crippen LogP contribution in [0.5, 0.6) is 5.75 Å². The molecule has 3 aliphatic heterocycles. The van der Waals surface area contributed by atoms with Crippen LogP contribution < -0.4 is 20.5 Å². The monoisotopic (exact) mass is 590 g/mol. The van der Waals surface area contributed by atoms with E-state index in [1.807, 2.05) is 29.0 Å². The van der Waals surface area contributed by atoms with E-state index in [1.165, 1.54) is 23.8 Å². The van der Waals surface area contributed by atoms with Crippen molar-refractivity contribution < 1.29 is 9.53 Å². The number of carbonyl (C=O) groups excluding carboxylic acids is 1. The summed E-state index contributed by atoms with van der Waals surface area (Å²) in [6.07, 6.45) is 11.7. The van der Waals surface area contributed by atoms with Crippen molar-refractivity contribution in [3.8, 4) is 11.4 Å². The first-order valence-electron chi connectivity index (χ1n) is 15.3. The highest BCUT2D eigenvalue weighted by atomic mass is 16.5. The Morgan fingerprint density at radius 3 is 2.80 bits per heavy atom. The van der Waals surface area contributed by atoms with Crippen LogP contribution in [0.4, 0.5) is 17.3 Å². The van der Waals surface area contributed by atoms with E-state index in [0.29, 0.717) is 53.1 Å². The number of ether oxygens (including phenoxy) is 1. The molecular weight excluding hydrogens is 556 g/mol. The number of H-pyrrole nitrogens is 1. The second-order valence-electron chi connectivity index (χ2n) is 11.9. The van der Waals surface area contributed by atoms with E-state index in [9.17, 15) is 9.59 Å². The second-order valence-corrected chi connectivity index (χ2v) is 11.9. The van der Waals surface area contributed by atoms with Crippen LogP contribution >= 0.6 is 0 Å². The zero-order valence-corrected chi connectivity index (χ0v) is 24.6. The Kier molecular flexibility index (Phi) is 6.48. The minimum Gasteiger partial charge on any atom is -0.482 e. The smallest absolute Gasteiger partial charge is 0.278 e. The molecular formula is C33H34N8O3. The normalized spacial score (nSPS) is 18.5. The number of nitrogens with zero attached hydrogens (tertiary/aromatic N) is 6. The molecule has 6 heterocycles. The summed E-state index contributed by atoms with van der Waals surface area (Å²) in [5, 5.41) is 5.02. The van der Waals surface area contributed by atoms with E-state index in [-0.39, 0.29) is 18.1 Å². The number of carbonyl (C=O) groups is 1. The second kappa shape index (κ2) is 10.7. The Morgan fingerprint density at radius 1 is 1.02 bits per heavy atom. The molecule has 2 N–H and O–H groups in total. The zero-order chi connectivity index (χ0) is 29.8. The molecule has 0 aliphatic carbocycles. The van der Waals surface area contributed by atoms with Crippen molar-refractivity contribution in [3.63, 3.8) is 0 Å². The van der Waals surface area contributed by atoms with Crippen molar-refractivity contribution in [3.05, 3.63) is 76.9 Å². The molecule has 2 bridgehead atoms. The van der Waals surface area contributed by atoms with Gasteiger partial charge in [0.1, 0.15) is 11.1 Å². The molecule has 0 saturated carbocycles. The van der Waals surface area contributed by atoms with Gasteiger partial charge in [-0.15, -0.1) is 0 Å². The lowest BCUT2D eigenvalue weighted by atomic mass is 9.89. The van der Waals surface area contributed by atoms with Gasteiger partial charge in [-0.1, -0.05) is 18.2 Å². The first-order chi connectivity index (χ1) is 21.5. The van der Waals surface area contributed by atoms with Crippen molar-refractivity contribution in [2.75, 3.05) is 43.5 Å². The van der Waals surface area contributed by atoms with Gasteiger partial charge in [-0.25, -0.2) is 14.3 Å². The quantitative estimate of drug-likeness (QED) is 0.293. The van der Waals surface area contributed by atoms with E-state index in [4.69, 9.17) is 9.72 Å². The van der Waals surface area contributed by atoms with Crippen LogP contribution in [0.2, 0.25) is 0 Å². The lowest BCUT2D eigenvalue weighted by Gasteiger charge is -2.30. The minimum atomic E-state index is -0.176. The van der Waals surface area contributed by atoms with Crippen molar-refractivity contribution in [1.82, 2.24) is 29.2 Å². The van der Waals surface area contributed by atoms with Crippen molar-refractivity contribution in [1.29, 1.82) is 0 Å². The number of rotatable bonds is 3. The molecule has 8 rings (SSSR count). The minimum absolute atomic E-state index is 0.0232. The summed E-state index contributed by atoms with van der Waals surface area (Å²) in [6, 6.07) is 12.0. The molecule has 5 aromatic rings. The molecule has 11 nitrogen and oxygen atoms in total. The fraction of sp³-hybridized carbons (Fsp3) is 0.333. The molecule has 1 fully saturated rings. The summed E-state index contributed by atoms with van der Waals surface area (Å²) in [5.41, 5.74) is 5.03. The van der Waals surface area contributed by atoms with Crippen LogP contribution in [-0.4, -0.2) is 68.4 Å². The summed E-state index contributed by atoms with van der Waals surface area (Å²) >= 11 is 0. The van der Waals surface area contributed by atoms with Crippen molar-refractivity contribution >= 4 is 45.2 Å². The van der Waals surface area contributed by atoms with Crippen LogP contribution in [0.25, 0.3) is 27.6 Å². The molecule has 0 unspecified atom stereocenters. The SMILES string of the molecule is CN1CCC(c2c[nH]c3cc(Nc4ncc5c(=O)n6n(c5n4)-c4ccc5c(c4)N(CCC/C=C\C6)C(=O)CO5)ccc23)CC1. The van der Waals surface area contributed by atoms with Crippen LogP contribution in [0.3, 0.4) is 0 Å². The van der Waals surface area contributed by atoms with Crippen LogP contribution in [-0.2, 0) is 11.3 Å². The Balaban J connectivity index is 1.18. The first-order valence-corrected chi connectivity index (χ1v) is 15.3. The van der Waals surface area contributed by atoms with E-state index in [1.54, 1.807) is 15.8 Å². The summed E-state index contributed by atoms with van der Waals surface area (Å²) in [4.78, 5) is 43.4. The van der Waals surface area contributed by atoms with Gasteiger partial charge in [0.15, 0.2) is 12.3 Å². The number of hydrogen-bond donors (Lipinski definition) is 2. The van der Waals surface area contributed by atoms with E-state index in [2.05, 4.69) is 57.7 Å². The molecule has 224 valence electrons. The number of nitrogens with one attached hydrogen (secondary N) is 2. The third-order valence-corrected chi connectivity index (χ3v) is 9.13. The third-order valence-electron chi connectivity index (χ3n) is 9.13. The number of allylic oxidation sites excluding steroid dienone is 2. The van der Waals surface area contributed by atoms with E-state index < -0.39 is 0 Å². The average Bonchev–Trinajstić information content (AvgIpc) is 3.57. The zero-order valence-electron chi connectivity index (χ0n) is 24.6. The highest BCUT2D eigenvalue weighted by Gasteiger charge is 2.27. The van der Waals surface area contributed by atoms with Gasteiger partial charge in [0.25, 0.3) is 11.5 Å². The van der Waals surface area contributed by atoms with Crippen molar-refractivity contribution in [2.45, 2.75) is 38.1 Å². The molecule has 3 aliphatic rings. The number of hydrogen-bond acceptors (Lipinski definition) is 7. The van der Waals surface area contributed by atoms with E-state index in [0.717, 1.165) is 37.1 Å². The number of amides is 1. The summed E-state index contributed by atoms with van der Waals surface area (Å²) in [6.45, 7) is 3.25. The summed E-state index contributed by atoms with van der Waals surface area (Å²) in [5.74, 6) is 1.54. The maximum Gasteiger partial charge on any atom is 0.278 e. The number of aromatic amines is 1. The molecule has 0 radical (unpaired) electrons. The predicted molar refractivity (Wildman–Crippen MR) is 170 cm³/mol. The Bertz CT molecular complexity index is 2000. The van der Waals surface area contributed by atoms with Crippen LogP contribution in [0.15, 0.2) is 65.7 Å². The topological polar surface area (TPSA) is 113 Å². The van der Waals surface area contributed by atoms with Crippen molar-refractivity contribution in [2.24, 2.45) is 0 Å². The Morgan fingerprint density at radius 2 is 1.91 bits per heavy atom. The summed E-state index contributed by atoms with van der Waals surface area (Å²) < 4.78 is 9.21. The average molecular weight is 591 g/mol. The maximum atomic E-state index is 13.6. The van der Waals surface area contributed by atoms with Gasteiger partial charge in [0.2, 0.25) is 5.95 Å². The number of piperidine rings is 1. The van der Waals surface area contributed by atoms with Crippen LogP contribution in [0, 0.1) is 0 Å². The number of aromatic nitrogens is 5. The van der Waals surface area contributed by atoms with Crippen LogP contribution in [0.1, 0.15) is 37.2 Å². The molecule has 0 spiro atoms. The molecule has 2 aromatic carbocycles. The molecule has 11 heteroatoms. The van der Waals surface area contributed by atoms with E-state index >= 15 is 0 Å². The lowest BCUT2D eigenvalue weighted by Crippen LogP contribution is -2.39. The summed E-state index contributed by atoms with van der Waals surface area (Å²) in [7, 11) is 2.19. The Hall–Kier alpha value is -4.90. The van der Waals surface area contributed by atoms with Gasteiger partial charge in [0, 0.05) is 35.5 Å². The highest BCUT2D eigenvalue weighted by Crippen LogP contribution is 2.36. The lowest BCUT2D eigenvalue weighted by molar-refractivity contribution is -0.121. The molecule has 0 atom stereocenters. The van der Waals surface area contributed by atoms with Gasteiger partial charge in [0.05, 0.1) is 17.9 Å². The highest BCUT2D eigenvalue weighted by molar-refractivity contribution is 5.98. The standard InChI is InChI=1S/C33H34N8O3/c1-38-14-10-21(11-15-38)25-18-34-27-16-22(6-8-24(25)27)36-33-35-19-26-31(37-33)41-23-7-9-29-28(17-23)39(30(42)20-44-29)12-4-2-3-5-13-40(41)32(26)43/h3,5-9,16-19,21,34H,2,4,10-15,20H2,1H3,(H,35,36,37)/b5-3-. The molecule has 3 aromatic heterocycles. The largest absolute Gasteiger partial charge is 0.482 e. The molecule has 1 saturated heterocycles. The fourth-order valence-electron chi connectivity index (χ4n) is 6.76. The first kappa shape index (κ1) is 26.7. The van der Waals surface area contributed by atoms with Gasteiger partial charge in [-0.2, -0.15) is 4.98 Å². The number of likely N-dealkylation sites (tertiary alicyclic amines) is 1. The fourth-order valence-corrected chi connectivity index (χ4v) is 6.76. The van der Waals surface area contributed by atoms with Gasteiger partial charge in [-0.3, -0.25) is 9.59 Å². The number of fused-ring (bicyclic) bond motifs is 6. The van der Waals surface area contributed by atoms with Gasteiger partial charge < -0.3 is 24.8 Å².